The van der Waals surface area contributed by atoms with Gasteiger partial charge in [0.1, 0.15) is 10.7 Å². The summed E-state index contributed by atoms with van der Waals surface area (Å²) < 4.78 is 25.8. The Bertz CT molecular complexity index is 571. The highest BCUT2D eigenvalue weighted by atomic mass is 32.2. The van der Waals surface area contributed by atoms with Gasteiger partial charge in [0.2, 0.25) is 0 Å². The van der Waals surface area contributed by atoms with Crippen LogP contribution in [0.2, 0.25) is 0 Å². The molecule has 0 spiro atoms. The third-order valence-electron chi connectivity index (χ3n) is 1.92. The van der Waals surface area contributed by atoms with Crippen molar-refractivity contribution in [2.75, 3.05) is 0 Å². The van der Waals surface area contributed by atoms with E-state index < -0.39 is 16.3 Å². The van der Waals surface area contributed by atoms with Crippen LogP contribution in [0, 0.1) is 0 Å². The van der Waals surface area contributed by atoms with E-state index in [9.17, 15) is 8.42 Å². The van der Waals surface area contributed by atoms with Crippen LogP contribution in [-0.2, 0) is 10.2 Å². The van der Waals surface area contributed by atoms with E-state index in [1.807, 2.05) is 16.0 Å². The van der Waals surface area contributed by atoms with Gasteiger partial charge in [-0.05, 0) is 6.92 Å². The summed E-state index contributed by atoms with van der Waals surface area (Å²) in [6, 6.07) is -0.447. The molecule has 0 amide bonds. The number of imidazole rings is 1. The standard InChI is InChI=1S/C7H10N4O2S2/c1-5(10-15(8,12)13)7-9-4-6-11(7)2-3-14-6/h2-5,10H,1H3,(H2,8,12,13)/t5-/m0/s1. The predicted octanol–water partition coefficient (Wildman–Crippen LogP) is 0.250. The highest BCUT2D eigenvalue weighted by Gasteiger charge is 2.16. The average Bonchev–Trinajstić information content (AvgIpc) is 2.57. The average molecular weight is 246 g/mol. The van der Waals surface area contributed by atoms with Gasteiger partial charge in [0, 0.05) is 11.6 Å². The molecule has 6 nitrogen and oxygen atoms in total. The van der Waals surface area contributed by atoms with Gasteiger partial charge in [0.25, 0.3) is 10.2 Å². The van der Waals surface area contributed by atoms with Crippen LogP contribution in [0.1, 0.15) is 18.8 Å². The van der Waals surface area contributed by atoms with E-state index in [2.05, 4.69) is 9.71 Å². The summed E-state index contributed by atoms with van der Waals surface area (Å²) in [4.78, 5) is 5.10. The Kier molecular flexibility index (Phi) is 2.51. The zero-order chi connectivity index (χ0) is 11.1. The van der Waals surface area contributed by atoms with Crippen molar-refractivity contribution in [1.29, 1.82) is 0 Å². The van der Waals surface area contributed by atoms with Crippen molar-refractivity contribution >= 4 is 26.4 Å². The summed E-state index contributed by atoms with van der Waals surface area (Å²) in [5.41, 5.74) is 0. The highest BCUT2D eigenvalue weighted by Crippen LogP contribution is 2.18. The molecule has 0 aliphatic heterocycles. The molecule has 0 aliphatic carbocycles. The van der Waals surface area contributed by atoms with Gasteiger partial charge in [-0.25, -0.2) is 10.1 Å². The molecule has 82 valence electrons. The molecular weight excluding hydrogens is 236 g/mol. The third-order valence-corrected chi connectivity index (χ3v) is 3.40. The Labute approximate surface area is 90.9 Å². The number of nitrogens with two attached hydrogens (primary N) is 1. The first-order valence-corrected chi connectivity index (χ1v) is 6.60. The lowest BCUT2D eigenvalue weighted by atomic mass is 10.3. The molecule has 0 fully saturated rings. The maximum atomic E-state index is 10.8. The number of nitrogens with one attached hydrogen (secondary N) is 1. The fraction of sp³-hybridized carbons (Fsp3) is 0.286. The van der Waals surface area contributed by atoms with Gasteiger partial charge < -0.3 is 0 Å². The Morgan fingerprint density at radius 1 is 1.67 bits per heavy atom. The number of rotatable bonds is 3. The van der Waals surface area contributed by atoms with Crippen molar-refractivity contribution in [3.8, 4) is 0 Å². The Hall–Kier alpha value is -0.960. The van der Waals surface area contributed by atoms with Crippen LogP contribution in [-0.4, -0.2) is 17.8 Å². The number of aromatic nitrogens is 2. The molecular formula is C7H10N4O2S2. The summed E-state index contributed by atoms with van der Waals surface area (Å²) in [6.45, 7) is 1.69. The van der Waals surface area contributed by atoms with Crippen molar-refractivity contribution in [3.05, 3.63) is 23.6 Å². The largest absolute Gasteiger partial charge is 0.293 e. The van der Waals surface area contributed by atoms with E-state index in [1.165, 1.54) is 11.3 Å². The van der Waals surface area contributed by atoms with Crippen LogP contribution < -0.4 is 9.86 Å². The van der Waals surface area contributed by atoms with E-state index in [1.54, 1.807) is 13.1 Å². The number of nitrogens with zero attached hydrogens (tertiary/aromatic N) is 2. The zero-order valence-electron chi connectivity index (χ0n) is 7.91. The molecule has 0 unspecified atom stereocenters. The summed E-state index contributed by atoms with van der Waals surface area (Å²) in [7, 11) is -3.70. The lowest BCUT2D eigenvalue weighted by molar-refractivity contribution is 0.561. The minimum absolute atomic E-state index is 0.447. The van der Waals surface area contributed by atoms with Gasteiger partial charge in [-0.15, -0.1) is 11.3 Å². The minimum atomic E-state index is -3.70. The van der Waals surface area contributed by atoms with Gasteiger partial charge in [-0.3, -0.25) is 4.40 Å². The number of fused-ring (bicyclic) bond motifs is 1. The van der Waals surface area contributed by atoms with Crippen LogP contribution >= 0.6 is 11.3 Å². The molecule has 0 saturated carbocycles. The van der Waals surface area contributed by atoms with Crippen LogP contribution in [0.5, 0.6) is 0 Å². The topological polar surface area (TPSA) is 89.5 Å². The second-order valence-electron chi connectivity index (χ2n) is 3.11. The lowest BCUT2D eigenvalue weighted by Gasteiger charge is -2.09. The molecule has 2 aromatic heterocycles. The van der Waals surface area contributed by atoms with E-state index in [4.69, 9.17) is 5.14 Å². The molecule has 2 heterocycles. The van der Waals surface area contributed by atoms with Crippen molar-refractivity contribution in [3.63, 3.8) is 0 Å². The normalized spacial score (nSPS) is 14.5. The minimum Gasteiger partial charge on any atom is -0.293 e. The van der Waals surface area contributed by atoms with Gasteiger partial charge in [-0.1, -0.05) is 0 Å². The first kappa shape index (κ1) is 10.6. The molecule has 3 N–H and O–H groups in total. The van der Waals surface area contributed by atoms with Crippen LogP contribution in [0.3, 0.4) is 0 Å². The Morgan fingerprint density at radius 3 is 3.07 bits per heavy atom. The Morgan fingerprint density at radius 2 is 2.40 bits per heavy atom. The van der Waals surface area contributed by atoms with Gasteiger partial charge in [-0.2, -0.15) is 13.1 Å². The highest BCUT2D eigenvalue weighted by molar-refractivity contribution is 7.87. The smallest absolute Gasteiger partial charge is 0.275 e. The van der Waals surface area contributed by atoms with Gasteiger partial charge in [0.15, 0.2) is 0 Å². The summed E-state index contributed by atoms with van der Waals surface area (Å²) in [5, 5.41) is 6.80. The van der Waals surface area contributed by atoms with Crippen molar-refractivity contribution < 1.29 is 8.42 Å². The van der Waals surface area contributed by atoms with Crippen LogP contribution in [0.25, 0.3) is 4.83 Å². The molecule has 0 aliphatic rings. The summed E-state index contributed by atoms with van der Waals surface area (Å²) in [5.74, 6) is 0.625. The summed E-state index contributed by atoms with van der Waals surface area (Å²) >= 11 is 1.54. The summed E-state index contributed by atoms with van der Waals surface area (Å²) in [6.07, 6.45) is 3.53. The van der Waals surface area contributed by atoms with Crippen molar-refractivity contribution in [2.45, 2.75) is 13.0 Å². The van der Waals surface area contributed by atoms with E-state index in [0.717, 1.165) is 4.83 Å². The van der Waals surface area contributed by atoms with Gasteiger partial charge >= 0.3 is 0 Å². The molecule has 0 aromatic carbocycles. The fourth-order valence-electron chi connectivity index (χ4n) is 1.38. The quantitative estimate of drug-likeness (QED) is 0.813. The molecule has 1 atom stereocenters. The molecule has 0 saturated heterocycles. The van der Waals surface area contributed by atoms with Crippen molar-refractivity contribution in [1.82, 2.24) is 14.1 Å². The lowest BCUT2D eigenvalue weighted by Crippen LogP contribution is -2.33. The third kappa shape index (κ3) is 2.17. The van der Waals surface area contributed by atoms with Gasteiger partial charge in [0.05, 0.1) is 12.2 Å². The first-order valence-electron chi connectivity index (χ1n) is 4.18. The second-order valence-corrected chi connectivity index (χ2v) is 5.36. The van der Waals surface area contributed by atoms with Crippen LogP contribution in [0.15, 0.2) is 17.8 Å². The Balaban J connectivity index is 2.35. The maximum Gasteiger partial charge on any atom is 0.275 e. The number of hydrogen-bond donors (Lipinski definition) is 2. The van der Waals surface area contributed by atoms with E-state index in [-0.39, 0.29) is 0 Å². The molecule has 2 aromatic rings. The zero-order valence-corrected chi connectivity index (χ0v) is 9.55. The molecule has 15 heavy (non-hydrogen) atoms. The predicted molar refractivity (Wildman–Crippen MR) is 57.7 cm³/mol. The number of thiazole rings is 1. The molecule has 2 rings (SSSR count). The first-order chi connectivity index (χ1) is 6.97. The molecule has 0 bridgehead atoms. The van der Waals surface area contributed by atoms with E-state index >= 15 is 0 Å². The second kappa shape index (κ2) is 3.56. The van der Waals surface area contributed by atoms with Crippen molar-refractivity contribution in [2.24, 2.45) is 5.14 Å². The fourth-order valence-corrected chi connectivity index (χ4v) is 2.68. The van der Waals surface area contributed by atoms with E-state index in [0.29, 0.717) is 5.82 Å². The van der Waals surface area contributed by atoms with Crippen LogP contribution in [0.4, 0.5) is 0 Å². The molecule has 0 radical (unpaired) electrons. The molecule has 8 heteroatoms. The SMILES string of the molecule is C[C@H](NS(N)(=O)=O)c1ncc2sccn12. The monoisotopic (exact) mass is 246 g/mol. The maximum absolute atomic E-state index is 10.8. The number of hydrogen-bond acceptors (Lipinski definition) is 4.